The van der Waals surface area contributed by atoms with Gasteiger partial charge in [0.05, 0.1) is 5.02 Å². The maximum Gasteiger partial charge on any atom is 0.243 e. The van der Waals surface area contributed by atoms with Crippen molar-refractivity contribution in [1.29, 1.82) is 0 Å². The molecular formula is C12H18ClFN2O2S. The van der Waals surface area contributed by atoms with Gasteiger partial charge in [-0.1, -0.05) is 25.4 Å². The van der Waals surface area contributed by atoms with Gasteiger partial charge < -0.3 is 5.73 Å². The first kappa shape index (κ1) is 16.2. The molecule has 0 heterocycles. The summed E-state index contributed by atoms with van der Waals surface area (Å²) in [6, 6.07) is 1.93. The van der Waals surface area contributed by atoms with Gasteiger partial charge in [0, 0.05) is 11.7 Å². The number of nitrogen functional groups attached to an aromatic ring is 1. The highest BCUT2D eigenvalue weighted by Crippen LogP contribution is 2.26. The predicted molar refractivity (Wildman–Crippen MR) is 75.1 cm³/mol. The lowest BCUT2D eigenvalue weighted by Crippen LogP contribution is -2.34. The number of rotatable bonds is 5. The minimum atomic E-state index is -3.97. The highest BCUT2D eigenvalue weighted by atomic mass is 35.5. The first-order valence-corrected chi connectivity index (χ1v) is 7.76. The first-order chi connectivity index (χ1) is 8.63. The van der Waals surface area contributed by atoms with Crippen molar-refractivity contribution in [2.75, 3.05) is 5.73 Å². The van der Waals surface area contributed by atoms with Crippen LogP contribution >= 0.6 is 11.6 Å². The molecule has 4 nitrogen and oxygen atoms in total. The Balaban J connectivity index is 3.07. The van der Waals surface area contributed by atoms with Crippen molar-refractivity contribution >= 4 is 27.3 Å². The molecule has 7 heteroatoms. The Bertz CT molecular complexity index is 561. The van der Waals surface area contributed by atoms with Crippen LogP contribution in [0.2, 0.25) is 5.02 Å². The van der Waals surface area contributed by atoms with Crippen LogP contribution in [0.5, 0.6) is 0 Å². The van der Waals surface area contributed by atoms with Crippen molar-refractivity contribution in [2.24, 2.45) is 5.92 Å². The molecule has 0 aliphatic carbocycles. The van der Waals surface area contributed by atoms with Crippen LogP contribution in [-0.2, 0) is 10.0 Å². The lowest BCUT2D eigenvalue weighted by molar-refractivity contribution is 0.480. The van der Waals surface area contributed by atoms with E-state index in [1.165, 1.54) is 6.07 Å². The van der Waals surface area contributed by atoms with Crippen LogP contribution in [-0.4, -0.2) is 14.5 Å². The summed E-state index contributed by atoms with van der Waals surface area (Å²) >= 11 is 5.60. The summed E-state index contributed by atoms with van der Waals surface area (Å²) < 4.78 is 40.4. The number of sulfonamides is 1. The second kappa shape index (κ2) is 6.07. The number of anilines is 1. The van der Waals surface area contributed by atoms with E-state index in [0.29, 0.717) is 12.3 Å². The molecule has 3 N–H and O–H groups in total. The molecule has 108 valence electrons. The second-order valence-electron chi connectivity index (χ2n) is 4.97. The summed E-state index contributed by atoms with van der Waals surface area (Å²) in [7, 11) is -3.97. The molecule has 0 saturated heterocycles. The number of halogens is 2. The van der Waals surface area contributed by atoms with Gasteiger partial charge in [-0.25, -0.2) is 17.5 Å². The fourth-order valence-electron chi connectivity index (χ4n) is 1.86. The zero-order valence-corrected chi connectivity index (χ0v) is 12.6. The molecule has 0 aromatic heterocycles. The lowest BCUT2D eigenvalue weighted by atomic mass is 10.1. The zero-order valence-electron chi connectivity index (χ0n) is 11.1. The Kier molecular flexibility index (Phi) is 5.18. The molecule has 0 aliphatic heterocycles. The molecule has 19 heavy (non-hydrogen) atoms. The van der Waals surface area contributed by atoms with E-state index in [1.54, 1.807) is 6.92 Å². The van der Waals surface area contributed by atoms with E-state index in [-0.39, 0.29) is 16.8 Å². The normalized spacial score (nSPS) is 13.8. The summed E-state index contributed by atoms with van der Waals surface area (Å²) in [6.45, 7) is 5.68. The molecule has 1 aromatic carbocycles. The largest absolute Gasteiger partial charge is 0.399 e. The summed E-state index contributed by atoms with van der Waals surface area (Å²) in [5, 5.41) is -0.308. The van der Waals surface area contributed by atoms with Crippen LogP contribution in [0.15, 0.2) is 17.0 Å². The maximum absolute atomic E-state index is 13.8. The van der Waals surface area contributed by atoms with E-state index >= 15 is 0 Å². The fraction of sp³-hybridized carbons (Fsp3) is 0.500. The van der Waals surface area contributed by atoms with Gasteiger partial charge in [-0.05, 0) is 31.4 Å². The van der Waals surface area contributed by atoms with E-state index in [4.69, 9.17) is 17.3 Å². The van der Waals surface area contributed by atoms with Crippen LogP contribution in [0.3, 0.4) is 0 Å². The molecule has 0 amide bonds. The minimum absolute atomic E-state index is 0.100. The Morgan fingerprint density at radius 3 is 2.47 bits per heavy atom. The van der Waals surface area contributed by atoms with Gasteiger partial charge in [-0.15, -0.1) is 0 Å². The quantitative estimate of drug-likeness (QED) is 0.822. The highest BCUT2D eigenvalue weighted by Gasteiger charge is 2.24. The maximum atomic E-state index is 13.8. The molecule has 0 saturated carbocycles. The Labute approximate surface area is 118 Å². The molecule has 1 aromatic rings. The Hall–Kier alpha value is -0.850. The Morgan fingerprint density at radius 1 is 1.37 bits per heavy atom. The zero-order chi connectivity index (χ0) is 14.8. The number of hydrogen-bond donors (Lipinski definition) is 2. The molecule has 1 unspecified atom stereocenters. The van der Waals surface area contributed by atoms with Crippen LogP contribution in [0.1, 0.15) is 27.2 Å². The van der Waals surface area contributed by atoms with Crippen molar-refractivity contribution < 1.29 is 12.8 Å². The average Bonchev–Trinajstić information content (AvgIpc) is 2.20. The van der Waals surface area contributed by atoms with E-state index in [1.807, 2.05) is 13.8 Å². The number of nitrogens with two attached hydrogens (primary N) is 1. The third kappa shape index (κ3) is 4.33. The van der Waals surface area contributed by atoms with Gasteiger partial charge in [0.2, 0.25) is 10.0 Å². The van der Waals surface area contributed by atoms with Gasteiger partial charge in [0.25, 0.3) is 0 Å². The third-order valence-corrected chi connectivity index (χ3v) is 4.35. The van der Waals surface area contributed by atoms with Gasteiger partial charge in [-0.3, -0.25) is 0 Å². The topological polar surface area (TPSA) is 72.2 Å². The Morgan fingerprint density at radius 2 is 1.95 bits per heavy atom. The van der Waals surface area contributed by atoms with Crippen LogP contribution in [0, 0.1) is 11.7 Å². The van der Waals surface area contributed by atoms with E-state index < -0.39 is 20.7 Å². The molecule has 0 fully saturated rings. The van der Waals surface area contributed by atoms with Crippen molar-refractivity contribution in [3.05, 3.63) is 23.0 Å². The lowest BCUT2D eigenvalue weighted by Gasteiger charge is -2.16. The van der Waals surface area contributed by atoms with Crippen molar-refractivity contribution in [1.82, 2.24) is 4.72 Å². The summed E-state index contributed by atoms with van der Waals surface area (Å²) in [6.07, 6.45) is 0.650. The van der Waals surface area contributed by atoms with Crippen LogP contribution < -0.4 is 10.5 Å². The van der Waals surface area contributed by atoms with Crippen molar-refractivity contribution in [3.8, 4) is 0 Å². The highest BCUT2D eigenvalue weighted by molar-refractivity contribution is 7.89. The molecule has 0 bridgehead atoms. The number of hydrogen-bond acceptors (Lipinski definition) is 3. The smallest absolute Gasteiger partial charge is 0.243 e. The van der Waals surface area contributed by atoms with Gasteiger partial charge in [-0.2, -0.15) is 0 Å². The monoisotopic (exact) mass is 308 g/mol. The van der Waals surface area contributed by atoms with E-state index in [2.05, 4.69) is 4.72 Å². The van der Waals surface area contributed by atoms with Crippen LogP contribution in [0.25, 0.3) is 0 Å². The summed E-state index contributed by atoms with van der Waals surface area (Å²) in [5.74, 6) is -0.660. The van der Waals surface area contributed by atoms with Crippen molar-refractivity contribution in [2.45, 2.75) is 38.1 Å². The van der Waals surface area contributed by atoms with E-state index in [0.717, 1.165) is 6.07 Å². The standard InChI is InChI=1S/C12H18ClFN2O2S/c1-7(2)4-8(3)16-19(17,18)11-6-9(15)5-10(13)12(11)14/h5-8,16H,4,15H2,1-3H3. The molecule has 0 radical (unpaired) electrons. The minimum Gasteiger partial charge on any atom is -0.399 e. The van der Waals surface area contributed by atoms with Crippen LogP contribution in [0.4, 0.5) is 10.1 Å². The summed E-state index contributed by atoms with van der Waals surface area (Å²) in [5.41, 5.74) is 5.59. The molecule has 0 spiro atoms. The average molecular weight is 309 g/mol. The SMILES string of the molecule is CC(C)CC(C)NS(=O)(=O)c1cc(N)cc(Cl)c1F. The summed E-state index contributed by atoms with van der Waals surface area (Å²) in [4.78, 5) is -0.520. The fourth-order valence-corrected chi connectivity index (χ4v) is 3.54. The van der Waals surface area contributed by atoms with E-state index in [9.17, 15) is 12.8 Å². The molecule has 1 rings (SSSR count). The second-order valence-corrected chi connectivity index (χ2v) is 7.06. The van der Waals surface area contributed by atoms with Crippen molar-refractivity contribution in [3.63, 3.8) is 0 Å². The van der Waals surface area contributed by atoms with Gasteiger partial charge >= 0.3 is 0 Å². The number of benzene rings is 1. The predicted octanol–water partition coefficient (Wildman–Crippen LogP) is 2.77. The van der Waals surface area contributed by atoms with Gasteiger partial charge in [0.15, 0.2) is 5.82 Å². The first-order valence-electron chi connectivity index (χ1n) is 5.90. The van der Waals surface area contributed by atoms with Gasteiger partial charge in [0.1, 0.15) is 4.90 Å². The third-order valence-electron chi connectivity index (χ3n) is 2.49. The molecular weight excluding hydrogens is 291 g/mol. The molecule has 0 aliphatic rings. The molecule has 1 atom stereocenters. The number of nitrogens with one attached hydrogen (secondary N) is 1.